The number of carbonyl (C=O) groups is 2. The molecule has 0 radical (unpaired) electrons. The summed E-state index contributed by atoms with van der Waals surface area (Å²) >= 11 is 0. The summed E-state index contributed by atoms with van der Waals surface area (Å²) in [5.74, 6) is 0. The number of primary amides is 1. The summed E-state index contributed by atoms with van der Waals surface area (Å²) < 4.78 is 0. The van der Waals surface area contributed by atoms with Crippen molar-refractivity contribution in [3.8, 4) is 0 Å². The first-order valence-electron chi connectivity index (χ1n) is 3.63. The van der Waals surface area contributed by atoms with Crippen molar-refractivity contribution in [2.24, 2.45) is 5.73 Å². The molecule has 2 N–H and O–H groups in total. The standard InChI is InChI=1S/C6H10N2O4/c7-5(9)11-12-6(10)8-3-1-2-4-8/h1-4H2,(H2,7,9). The van der Waals surface area contributed by atoms with Gasteiger partial charge in [-0.25, -0.2) is 19.4 Å². The van der Waals surface area contributed by atoms with Crippen LogP contribution in [0.2, 0.25) is 0 Å². The van der Waals surface area contributed by atoms with Crippen LogP contribution in [0, 0.1) is 0 Å². The minimum Gasteiger partial charge on any atom is -0.332 e. The van der Waals surface area contributed by atoms with E-state index < -0.39 is 12.2 Å². The molecule has 68 valence electrons. The van der Waals surface area contributed by atoms with Gasteiger partial charge in [-0.05, 0) is 12.8 Å². The normalized spacial score (nSPS) is 15.8. The zero-order chi connectivity index (χ0) is 8.97. The summed E-state index contributed by atoms with van der Waals surface area (Å²) in [6.07, 6.45) is 0.117. The van der Waals surface area contributed by atoms with Crippen molar-refractivity contribution in [2.75, 3.05) is 13.1 Å². The van der Waals surface area contributed by atoms with Gasteiger partial charge in [0, 0.05) is 13.1 Å². The molecule has 0 spiro atoms. The van der Waals surface area contributed by atoms with Gasteiger partial charge in [0.1, 0.15) is 0 Å². The first-order valence-corrected chi connectivity index (χ1v) is 3.63. The molecule has 0 saturated carbocycles. The number of rotatable bonds is 0. The molecule has 6 nitrogen and oxygen atoms in total. The van der Waals surface area contributed by atoms with Crippen molar-refractivity contribution in [2.45, 2.75) is 12.8 Å². The molecule has 1 rings (SSSR count). The third-order valence-electron chi connectivity index (χ3n) is 1.56. The highest BCUT2D eigenvalue weighted by Gasteiger charge is 2.20. The molecule has 0 aromatic heterocycles. The smallest absolute Gasteiger partial charge is 0.332 e. The molecular formula is C6H10N2O4. The van der Waals surface area contributed by atoms with E-state index in [1.54, 1.807) is 0 Å². The fraction of sp³-hybridized carbons (Fsp3) is 0.667. The van der Waals surface area contributed by atoms with Gasteiger partial charge in [-0.1, -0.05) is 0 Å². The number of nitrogens with two attached hydrogens (primary N) is 1. The third-order valence-corrected chi connectivity index (χ3v) is 1.56. The lowest BCUT2D eigenvalue weighted by Gasteiger charge is -2.11. The number of likely N-dealkylation sites (tertiary alicyclic amines) is 1. The fourth-order valence-corrected chi connectivity index (χ4v) is 1.03. The maximum absolute atomic E-state index is 10.9. The average molecular weight is 174 g/mol. The van der Waals surface area contributed by atoms with Gasteiger partial charge in [-0.15, -0.1) is 0 Å². The van der Waals surface area contributed by atoms with Crippen molar-refractivity contribution >= 4 is 12.2 Å². The zero-order valence-electron chi connectivity index (χ0n) is 6.49. The van der Waals surface area contributed by atoms with Crippen LogP contribution in [0.15, 0.2) is 0 Å². The van der Waals surface area contributed by atoms with Gasteiger partial charge >= 0.3 is 12.2 Å². The highest BCUT2D eigenvalue weighted by molar-refractivity contribution is 5.70. The second-order valence-corrected chi connectivity index (χ2v) is 2.45. The van der Waals surface area contributed by atoms with Gasteiger partial charge in [0.2, 0.25) is 0 Å². The minimum atomic E-state index is -1.12. The molecule has 0 atom stereocenters. The van der Waals surface area contributed by atoms with E-state index >= 15 is 0 Å². The van der Waals surface area contributed by atoms with Crippen LogP contribution in [0.5, 0.6) is 0 Å². The molecule has 2 amide bonds. The van der Waals surface area contributed by atoms with Crippen molar-refractivity contribution in [3.63, 3.8) is 0 Å². The van der Waals surface area contributed by atoms with Crippen LogP contribution >= 0.6 is 0 Å². The molecule has 0 aromatic rings. The summed E-state index contributed by atoms with van der Waals surface area (Å²) in [6.45, 7) is 1.28. The van der Waals surface area contributed by atoms with E-state index in [9.17, 15) is 9.59 Å². The topological polar surface area (TPSA) is 81.9 Å². The minimum absolute atomic E-state index is 0.640. The molecule has 0 aromatic carbocycles. The molecule has 0 bridgehead atoms. The predicted molar refractivity (Wildman–Crippen MR) is 38.0 cm³/mol. The third kappa shape index (κ3) is 2.30. The molecule has 1 heterocycles. The van der Waals surface area contributed by atoms with E-state index in [0.717, 1.165) is 12.8 Å². The highest BCUT2D eigenvalue weighted by atomic mass is 17.2. The quantitative estimate of drug-likeness (QED) is 0.421. The number of carbonyl (C=O) groups excluding carboxylic acids is 2. The van der Waals surface area contributed by atoms with Gasteiger partial charge in [0.15, 0.2) is 0 Å². The van der Waals surface area contributed by atoms with Crippen LogP contribution in [0.3, 0.4) is 0 Å². The zero-order valence-corrected chi connectivity index (χ0v) is 6.49. The van der Waals surface area contributed by atoms with E-state index in [-0.39, 0.29) is 0 Å². The number of amides is 2. The second-order valence-electron chi connectivity index (χ2n) is 2.45. The molecule has 0 aliphatic carbocycles. The Kier molecular flexibility index (Phi) is 2.73. The summed E-state index contributed by atoms with van der Waals surface area (Å²) in [7, 11) is 0. The van der Waals surface area contributed by atoms with E-state index in [2.05, 4.69) is 15.5 Å². The Hall–Kier alpha value is -1.46. The molecule has 1 aliphatic rings. The summed E-state index contributed by atoms with van der Waals surface area (Å²) in [4.78, 5) is 30.4. The fourth-order valence-electron chi connectivity index (χ4n) is 1.03. The number of hydrogen-bond donors (Lipinski definition) is 1. The second kappa shape index (κ2) is 3.80. The number of nitrogens with zero attached hydrogens (tertiary/aromatic N) is 1. The lowest BCUT2D eigenvalue weighted by Crippen LogP contribution is -2.30. The Labute approximate surface area is 69.1 Å². The summed E-state index contributed by atoms with van der Waals surface area (Å²) in [5.41, 5.74) is 4.58. The lowest BCUT2D eigenvalue weighted by molar-refractivity contribution is -0.184. The van der Waals surface area contributed by atoms with Crippen molar-refractivity contribution < 1.29 is 19.4 Å². The van der Waals surface area contributed by atoms with E-state index in [4.69, 9.17) is 0 Å². The van der Waals surface area contributed by atoms with Gasteiger partial charge in [0.05, 0.1) is 0 Å². The first-order chi connectivity index (χ1) is 5.70. The Bertz CT molecular complexity index is 188. The monoisotopic (exact) mass is 174 g/mol. The Morgan fingerprint density at radius 2 is 1.75 bits per heavy atom. The van der Waals surface area contributed by atoms with Crippen LogP contribution in [0.1, 0.15) is 12.8 Å². The van der Waals surface area contributed by atoms with Crippen LogP contribution in [0.25, 0.3) is 0 Å². The average Bonchev–Trinajstić information content (AvgIpc) is 2.51. The molecule has 12 heavy (non-hydrogen) atoms. The first kappa shape index (κ1) is 8.63. The SMILES string of the molecule is NC(=O)OOC(=O)N1CCCC1. The maximum atomic E-state index is 10.9. The lowest BCUT2D eigenvalue weighted by atomic mass is 10.4. The Morgan fingerprint density at radius 1 is 1.17 bits per heavy atom. The molecule has 1 fully saturated rings. The van der Waals surface area contributed by atoms with Crippen molar-refractivity contribution in [1.82, 2.24) is 4.90 Å². The maximum Gasteiger partial charge on any atom is 0.453 e. The molecule has 1 aliphatic heterocycles. The molecule has 0 unspecified atom stereocenters. The predicted octanol–water partition coefficient (Wildman–Crippen LogP) is 0.229. The summed E-state index contributed by atoms with van der Waals surface area (Å²) in [6, 6.07) is 0. The molecular weight excluding hydrogens is 164 g/mol. The van der Waals surface area contributed by atoms with Crippen LogP contribution in [-0.4, -0.2) is 30.2 Å². The van der Waals surface area contributed by atoms with E-state index in [1.165, 1.54) is 4.90 Å². The van der Waals surface area contributed by atoms with E-state index in [0.29, 0.717) is 13.1 Å². The Balaban J connectivity index is 2.23. The van der Waals surface area contributed by atoms with Crippen LogP contribution in [-0.2, 0) is 9.78 Å². The summed E-state index contributed by atoms with van der Waals surface area (Å²) in [5, 5.41) is 0. The van der Waals surface area contributed by atoms with Gasteiger partial charge in [0.25, 0.3) is 0 Å². The van der Waals surface area contributed by atoms with Gasteiger partial charge in [-0.2, -0.15) is 0 Å². The number of hydrogen-bond acceptors (Lipinski definition) is 4. The molecule has 6 heteroatoms. The van der Waals surface area contributed by atoms with Crippen molar-refractivity contribution in [3.05, 3.63) is 0 Å². The van der Waals surface area contributed by atoms with Gasteiger partial charge < -0.3 is 10.6 Å². The van der Waals surface area contributed by atoms with E-state index in [1.807, 2.05) is 0 Å². The van der Waals surface area contributed by atoms with Crippen molar-refractivity contribution in [1.29, 1.82) is 0 Å². The van der Waals surface area contributed by atoms with Gasteiger partial charge in [-0.3, -0.25) is 0 Å². The Morgan fingerprint density at radius 3 is 2.25 bits per heavy atom. The highest BCUT2D eigenvalue weighted by Crippen LogP contribution is 2.08. The van der Waals surface area contributed by atoms with Crippen LogP contribution in [0.4, 0.5) is 9.59 Å². The van der Waals surface area contributed by atoms with Crippen LogP contribution < -0.4 is 5.73 Å². The molecule has 1 saturated heterocycles. The largest absolute Gasteiger partial charge is 0.453 e.